The van der Waals surface area contributed by atoms with Gasteiger partial charge in [0.25, 0.3) is 5.92 Å². The Balaban J connectivity index is 2.14. The highest BCUT2D eigenvalue weighted by atomic mass is 19.3. The van der Waals surface area contributed by atoms with Crippen molar-refractivity contribution in [2.45, 2.75) is 45.1 Å². The monoisotopic (exact) mass is 220 g/mol. The summed E-state index contributed by atoms with van der Waals surface area (Å²) in [6.07, 6.45) is 0.0328. The predicted molar refractivity (Wildman–Crippen MR) is 58.4 cm³/mol. The molecule has 0 amide bonds. The maximum Gasteiger partial charge on any atom is 0.250 e. The average molecular weight is 220 g/mol. The smallest absolute Gasteiger partial charge is 0.250 e. The summed E-state index contributed by atoms with van der Waals surface area (Å²) >= 11 is 0. The third kappa shape index (κ3) is 5.42. The zero-order valence-electron chi connectivity index (χ0n) is 9.95. The second kappa shape index (κ2) is 4.74. The molecule has 0 aromatic carbocycles. The Morgan fingerprint density at radius 3 is 2.20 bits per heavy atom. The largest absolute Gasteiger partial charge is 0.311 e. The van der Waals surface area contributed by atoms with E-state index in [1.54, 1.807) is 0 Å². The van der Waals surface area contributed by atoms with E-state index in [9.17, 15) is 8.78 Å². The van der Waals surface area contributed by atoms with Crippen molar-refractivity contribution in [3.63, 3.8) is 0 Å². The minimum absolute atomic E-state index is 0.0164. The molecular formula is C11H22F2N2. The number of nitrogens with one attached hydrogen (secondary N) is 1. The van der Waals surface area contributed by atoms with E-state index in [4.69, 9.17) is 0 Å². The van der Waals surface area contributed by atoms with E-state index in [2.05, 4.69) is 31.0 Å². The Kier molecular flexibility index (Phi) is 4.06. The van der Waals surface area contributed by atoms with E-state index in [1.165, 1.54) is 0 Å². The van der Waals surface area contributed by atoms with Crippen LogP contribution >= 0.6 is 0 Å². The molecule has 1 N–H and O–H groups in total. The molecular weight excluding hydrogens is 198 g/mol. The van der Waals surface area contributed by atoms with E-state index < -0.39 is 5.92 Å². The summed E-state index contributed by atoms with van der Waals surface area (Å²) in [5, 5.41) is 3.36. The normalized spacial score (nSPS) is 23.0. The van der Waals surface area contributed by atoms with Gasteiger partial charge in [-0.15, -0.1) is 0 Å². The topological polar surface area (TPSA) is 15.3 Å². The molecule has 1 rings (SSSR count). The fourth-order valence-corrected chi connectivity index (χ4v) is 1.69. The molecule has 0 saturated carbocycles. The second-order valence-electron chi connectivity index (χ2n) is 5.37. The average Bonchev–Trinajstić information content (AvgIpc) is 2.06. The van der Waals surface area contributed by atoms with Gasteiger partial charge < -0.3 is 10.2 Å². The van der Waals surface area contributed by atoms with Gasteiger partial charge in [-0.05, 0) is 20.8 Å². The molecule has 15 heavy (non-hydrogen) atoms. The lowest BCUT2D eigenvalue weighted by atomic mass is 10.1. The van der Waals surface area contributed by atoms with E-state index >= 15 is 0 Å². The van der Waals surface area contributed by atoms with E-state index in [1.807, 2.05) is 0 Å². The Bertz CT molecular complexity index is 189. The van der Waals surface area contributed by atoms with Gasteiger partial charge in [0.15, 0.2) is 0 Å². The molecule has 1 fully saturated rings. The first kappa shape index (κ1) is 12.8. The van der Waals surface area contributed by atoms with Crippen molar-refractivity contribution in [2.24, 2.45) is 0 Å². The zero-order chi connectivity index (χ0) is 11.5. The van der Waals surface area contributed by atoms with Crippen molar-refractivity contribution in [3.05, 3.63) is 0 Å². The minimum atomic E-state index is -2.42. The first-order valence-electron chi connectivity index (χ1n) is 5.64. The number of likely N-dealkylation sites (tertiary alicyclic amines) is 1. The van der Waals surface area contributed by atoms with Crippen molar-refractivity contribution in [1.29, 1.82) is 0 Å². The van der Waals surface area contributed by atoms with E-state index in [-0.39, 0.29) is 18.4 Å². The van der Waals surface area contributed by atoms with Crippen LogP contribution in [0.1, 0.15) is 33.6 Å². The number of hydrogen-bond acceptors (Lipinski definition) is 2. The molecule has 0 aromatic rings. The molecule has 0 spiro atoms. The number of nitrogens with zero attached hydrogens (tertiary/aromatic N) is 1. The van der Waals surface area contributed by atoms with E-state index in [0.717, 1.165) is 13.1 Å². The van der Waals surface area contributed by atoms with Crippen molar-refractivity contribution >= 4 is 0 Å². The van der Waals surface area contributed by atoms with Gasteiger partial charge >= 0.3 is 0 Å². The summed E-state index contributed by atoms with van der Waals surface area (Å²) in [5.41, 5.74) is 0.111. The van der Waals surface area contributed by atoms with Gasteiger partial charge in [-0.25, -0.2) is 8.78 Å². The predicted octanol–water partition coefficient (Wildman–Crippen LogP) is 2.11. The van der Waals surface area contributed by atoms with Gasteiger partial charge in [-0.3, -0.25) is 0 Å². The van der Waals surface area contributed by atoms with Gasteiger partial charge in [0.05, 0.1) is 0 Å². The van der Waals surface area contributed by atoms with Crippen LogP contribution in [0.15, 0.2) is 0 Å². The fourth-order valence-electron chi connectivity index (χ4n) is 1.69. The van der Waals surface area contributed by atoms with Crippen LogP contribution in [-0.2, 0) is 0 Å². The molecule has 1 aliphatic heterocycles. The molecule has 4 heteroatoms. The van der Waals surface area contributed by atoms with Gasteiger partial charge in [0, 0.05) is 44.6 Å². The number of piperidine rings is 1. The fraction of sp³-hybridized carbons (Fsp3) is 1.00. The molecule has 0 atom stereocenters. The molecule has 1 heterocycles. The lowest BCUT2D eigenvalue weighted by Gasteiger charge is -2.32. The Hall–Kier alpha value is -0.220. The van der Waals surface area contributed by atoms with Gasteiger partial charge in [-0.1, -0.05) is 0 Å². The molecule has 2 nitrogen and oxygen atoms in total. The van der Waals surface area contributed by atoms with Crippen LogP contribution in [-0.4, -0.2) is 42.5 Å². The van der Waals surface area contributed by atoms with Crippen molar-refractivity contribution in [2.75, 3.05) is 26.2 Å². The van der Waals surface area contributed by atoms with Crippen LogP contribution in [0.2, 0.25) is 0 Å². The third-order valence-corrected chi connectivity index (χ3v) is 2.67. The van der Waals surface area contributed by atoms with Crippen molar-refractivity contribution in [1.82, 2.24) is 10.2 Å². The molecule has 0 aromatic heterocycles. The van der Waals surface area contributed by atoms with E-state index in [0.29, 0.717) is 13.1 Å². The Morgan fingerprint density at radius 2 is 1.73 bits per heavy atom. The summed E-state index contributed by atoms with van der Waals surface area (Å²) in [7, 11) is 0. The Morgan fingerprint density at radius 1 is 1.20 bits per heavy atom. The van der Waals surface area contributed by atoms with Crippen LogP contribution in [0, 0.1) is 0 Å². The minimum Gasteiger partial charge on any atom is -0.311 e. The second-order valence-corrected chi connectivity index (χ2v) is 5.37. The molecule has 0 radical (unpaired) electrons. The van der Waals surface area contributed by atoms with Crippen molar-refractivity contribution < 1.29 is 8.78 Å². The summed E-state index contributed by atoms with van der Waals surface area (Å²) in [6.45, 7) is 9.12. The summed E-state index contributed by atoms with van der Waals surface area (Å²) in [5.74, 6) is -2.42. The molecule has 0 bridgehead atoms. The molecule has 0 unspecified atom stereocenters. The summed E-state index contributed by atoms with van der Waals surface area (Å²) < 4.78 is 25.7. The lowest BCUT2D eigenvalue weighted by Crippen LogP contribution is -2.45. The van der Waals surface area contributed by atoms with Crippen LogP contribution < -0.4 is 5.32 Å². The highest BCUT2D eigenvalue weighted by molar-refractivity contribution is 4.78. The van der Waals surface area contributed by atoms with Crippen LogP contribution in [0.3, 0.4) is 0 Å². The number of alkyl halides is 2. The molecule has 90 valence electrons. The highest BCUT2D eigenvalue weighted by Gasteiger charge is 2.33. The molecule has 0 aliphatic carbocycles. The SMILES string of the molecule is CC(C)(C)NCCN1CCC(F)(F)CC1. The maximum absolute atomic E-state index is 12.8. The summed E-state index contributed by atoms with van der Waals surface area (Å²) in [6, 6.07) is 0. The van der Waals surface area contributed by atoms with Gasteiger partial charge in [-0.2, -0.15) is 0 Å². The molecule has 1 aliphatic rings. The number of rotatable bonds is 3. The van der Waals surface area contributed by atoms with Gasteiger partial charge in [0.1, 0.15) is 0 Å². The maximum atomic E-state index is 12.8. The highest BCUT2D eigenvalue weighted by Crippen LogP contribution is 2.27. The molecule has 1 saturated heterocycles. The third-order valence-electron chi connectivity index (χ3n) is 2.67. The van der Waals surface area contributed by atoms with Crippen molar-refractivity contribution in [3.8, 4) is 0 Å². The zero-order valence-corrected chi connectivity index (χ0v) is 9.95. The van der Waals surface area contributed by atoms with Crippen LogP contribution in [0.5, 0.6) is 0 Å². The lowest BCUT2D eigenvalue weighted by molar-refractivity contribution is -0.0549. The number of halogens is 2. The quantitative estimate of drug-likeness (QED) is 0.783. The van der Waals surface area contributed by atoms with Crippen LogP contribution in [0.4, 0.5) is 8.78 Å². The first-order chi connectivity index (χ1) is 6.79. The first-order valence-corrected chi connectivity index (χ1v) is 5.64. The summed E-state index contributed by atoms with van der Waals surface area (Å²) in [4.78, 5) is 2.11. The van der Waals surface area contributed by atoms with Gasteiger partial charge in [0.2, 0.25) is 0 Å². The van der Waals surface area contributed by atoms with Crippen LogP contribution in [0.25, 0.3) is 0 Å². The standard InChI is InChI=1S/C11H22F2N2/c1-10(2,3)14-6-9-15-7-4-11(12,13)5-8-15/h14H,4-9H2,1-3H3. The Labute approximate surface area is 91.0 Å². The number of hydrogen-bond donors (Lipinski definition) is 1.